The first-order valence-electron chi connectivity index (χ1n) is 12.0. The largest absolute Gasteiger partial charge is 0.495 e. The Kier molecular flexibility index (Phi) is 6.44. The minimum Gasteiger partial charge on any atom is -0.495 e. The number of nitrogens with one attached hydrogen (secondary N) is 3. The van der Waals surface area contributed by atoms with Gasteiger partial charge in [0.25, 0.3) is 11.8 Å². The van der Waals surface area contributed by atoms with E-state index in [1.54, 1.807) is 43.5 Å². The lowest BCUT2D eigenvalue weighted by molar-refractivity contribution is -0.120. The SMILES string of the molecule is COc1cc(C(=O)NC2CCN(C)CC2)ccc1Nc1ncc2c(n1)N1CCNCC1C(=O)N2C. The van der Waals surface area contributed by atoms with Gasteiger partial charge in [-0.05, 0) is 51.2 Å². The first-order chi connectivity index (χ1) is 16.9. The van der Waals surface area contributed by atoms with Crippen LogP contribution in [0.5, 0.6) is 5.75 Å². The number of piperidine rings is 1. The van der Waals surface area contributed by atoms with E-state index in [2.05, 4.69) is 32.9 Å². The normalized spacial score (nSPS) is 20.8. The molecule has 1 unspecified atom stereocenters. The average molecular weight is 481 g/mol. The van der Waals surface area contributed by atoms with Crippen LogP contribution in [0.1, 0.15) is 23.2 Å². The highest BCUT2D eigenvalue weighted by molar-refractivity contribution is 6.04. The zero-order valence-corrected chi connectivity index (χ0v) is 20.4. The molecule has 1 aromatic carbocycles. The highest BCUT2D eigenvalue weighted by atomic mass is 16.5. The highest BCUT2D eigenvalue weighted by Gasteiger charge is 2.39. The van der Waals surface area contributed by atoms with Crippen molar-refractivity contribution in [3.8, 4) is 5.75 Å². The van der Waals surface area contributed by atoms with Gasteiger partial charge in [0.05, 0.1) is 19.0 Å². The molecule has 0 aliphatic carbocycles. The highest BCUT2D eigenvalue weighted by Crippen LogP contribution is 2.35. The molecule has 0 spiro atoms. The van der Waals surface area contributed by atoms with Crippen LogP contribution in [0.2, 0.25) is 0 Å². The van der Waals surface area contributed by atoms with Crippen LogP contribution in [0, 0.1) is 0 Å². The van der Waals surface area contributed by atoms with E-state index in [4.69, 9.17) is 9.72 Å². The Hall–Kier alpha value is -3.44. The number of anilines is 4. The quantitative estimate of drug-likeness (QED) is 0.572. The van der Waals surface area contributed by atoms with Gasteiger partial charge in [-0.15, -0.1) is 0 Å². The Labute approximate surface area is 204 Å². The smallest absolute Gasteiger partial charge is 0.251 e. The van der Waals surface area contributed by atoms with Crippen molar-refractivity contribution >= 4 is 35.0 Å². The second-order valence-corrected chi connectivity index (χ2v) is 9.30. The Morgan fingerprint density at radius 3 is 2.77 bits per heavy atom. The minimum absolute atomic E-state index is 0.0322. The molecule has 2 amide bonds. The maximum absolute atomic E-state index is 12.8. The molecule has 0 bridgehead atoms. The summed E-state index contributed by atoms with van der Waals surface area (Å²) >= 11 is 0. The van der Waals surface area contributed by atoms with Crippen LogP contribution in [0.3, 0.4) is 0 Å². The maximum atomic E-state index is 12.8. The van der Waals surface area contributed by atoms with E-state index < -0.39 is 0 Å². The molecule has 1 aromatic heterocycles. The number of hydrogen-bond acceptors (Lipinski definition) is 9. The number of carbonyl (C=O) groups excluding carboxylic acids is 2. The van der Waals surface area contributed by atoms with Crippen LogP contribution < -0.4 is 30.5 Å². The van der Waals surface area contributed by atoms with Crippen molar-refractivity contribution in [2.75, 3.05) is 69.0 Å². The molecule has 2 aromatic rings. The second-order valence-electron chi connectivity index (χ2n) is 9.30. The number of hydrogen-bond donors (Lipinski definition) is 3. The van der Waals surface area contributed by atoms with Crippen molar-refractivity contribution in [2.45, 2.75) is 24.9 Å². The van der Waals surface area contributed by atoms with Crippen LogP contribution in [-0.4, -0.2) is 92.7 Å². The van der Waals surface area contributed by atoms with Gasteiger partial charge in [0, 0.05) is 38.3 Å². The van der Waals surface area contributed by atoms with Crippen LogP contribution in [0.4, 0.5) is 23.1 Å². The Balaban J connectivity index is 1.34. The number of aromatic nitrogens is 2. The minimum atomic E-state index is -0.277. The lowest BCUT2D eigenvalue weighted by atomic mass is 10.0. The van der Waals surface area contributed by atoms with Gasteiger partial charge in [-0.2, -0.15) is 4.98 Å². The molecule has 2 saturated heterocycles. The summed E-state index contributed by atoms with van der Waals surface area (Å²) in [6.45, 7) is 4.03. The number of likely N-dealkylation sites (N-methyl/N-ethyl adjacent to an activating group) is 1. The summed E-state index contributed by atoms with van der Waals surface area (Å²) in [5.41, 5.74) is 1.88. The predicted octanol–water partition coefficient (Wildman–Crippen LogP) is 0.807. The average Bonchev–Trinajstić information content (AvgIpc) is 2.88. The number of nitrogens with zero attached hydrogens (tertiary/aromatic N) is 5. The van der Waals surface area contributed by atoms with Crippen molar-refractivity contribution in [1.82, 2.24) is 25.5 Å². The zero-order valence-electron chi connectivity index (χ0n) is 20.4. The molecule has 3 N–H and O–H groups in total. The Bertz CT molecular complexity index is 1120. The third-order valence-electron chi connectivity index (χ3n) is 7.01. The topological polar surface area (TPSA) is 115 Å². The Morgan fingerprint density at radius 1 is 1.20 bits per heavy atom. The van der Waals surface area contributed by atoms with Gasteiger partial charge in [-0.3, -0.25) is 9.59 Å². The van der Waals surface area contributed by atoms with Gasteiger partial charge >= 0.3 is 0 Å². The van der Waals surface area contributed by atoms with Gasteiger partial charge in [0.1, 0.15) is 17.5 Å². The number of likely N-dealkylation sites (tertiary alicyclic amines) is 1. The number of carbonyl (C=O) groups is 2. The van der Waals surface area contributed by atoms with Crippen LogP contribution >= 0.6 is 0 Å². The molecule has 186 valence electrons. The molecule has 4 heterocycles. The molecule has 11 nitrogen and oxygen atoms in total. The number of fused-ring (bicyclic) bond motifs is 3. The first-order valence-corrected chi connectivity index (χ1v) is 12.0. The molecule has 2 fully saturated rings. The summed E-state index contributed by atoms with van der Waals surface area (Å²) in [6.07, 6.45) is 3.56. The molecule has 0 saturated carbocycles. The maximum Gasteiger partial charge on any atom is 0.251 e. The number of benzene rings is 1. The Morgan fingerprint density at radius 2 is 2.00 bits per heavy atom. The lowest BCUT2D eigenvalue weighted by Gasteiger charge is -2.43. The number of amides is 2. The molecular weight excluding hydrogens is 448 g/mol. The number of rotatable bonds is 5. The monoisotopic (exact) mass is 480 g/mol. The van der Waals surface area contributed by atoms with E-state index in [9.17, 15) is 9.59 Å². The molecule has 1 atom stereocenters. The van der Waals surface area contributed by atoms with Crippen molar-refractivity contribution in [3.63, 3.8) is 0 Å². The first kappa shape index (κ1) is 23.3. The van der Waals surface area contributed by atoms with Crippen LogP contribution in [0.15, 0.2) is 24.4 Å². The van der Waals surface area contributed by atoms with Gasteiger partial charge in [0.2, 0.25) is 5.95 Å². The predicted molar refractivity (Wildman–Crippen MR) is 134 cm³/mol. The lowest BCUT2D eigenvalue weighted by Crippen LogP contribution is -2.61. The summed E-state index contributed by atoms with van der Waals surface area (Å²) in [5.74, 6) is 1.57. The van der Waals surface area contributed by atoms with Crippen molar-refractivity contribution in [2.24, 2.45) is 0 Å². The van der Waals surface area contributed by atoms with E-state index >= 15 is 0 Å². The van der Waals surface area contributed by atoms with Gasteiger partial charge in [-0.25, -0.2) is 4.98 Å². The summed E-state index contributed by atoms with van der Waals surface area (Å²) in [5, 5.41) is 9.63. The van der Waals surface area contributed by atoms with Crippen molar-refractivity contribution in [3.05, 3.63) is 30.0 Å². The fourth-order valence-electron chi connectivity index (χ4n) is 4.87. The zero-order chi connectivity index (χ0) is 24.5. The summed E-state index contributed by atoms with van der Waals surface area (Å²) < 4.78 is 5.57. The molecule has 11 heteroatoms. The fourth-order valence-corrected chi connectivity index (χ4v) is 4.87. The third kappa shape index (κ3) is 4.61. The van der Waals surface area contributed by atoms with Gasteiger partial charge in [0.15, 0.2) is 5.82 Å². The van der Waals surface area contributed by atoms with E-state index in [0.717, 1.165) is 38.3 Å². The number of ether oxygens (including phenoxy) is 1. The van der Waals surface area contributed by atoms with Crippen molar-refractivity contribution < 1.29 is 14.3 Å². The van der Waals surface area contributed by atoms with Crippen molar-refractivity contribution in [1.29, 1.82) is 0 Å². The number of methoxy groups -OCH3 is 1. The molecular formula is C24H32N8O3. The van der Waals surface area contributed by atoms with Crippen LogP contribution in [0.25, 0.3) is 0 Å². The van der Waals surface area contributed by atoms with E-state index in [0.29, 0.717) is 41.7 Å². The molecule has 3 aliphatic rings. The van der Waals surface area contributed by atoms with Crippen LogP contribution in [-0.2, 0) is 4.79 Å². The van der Waals surface area contributed by atoms with E-state index in [1.807, 2.05) is 4.90 Å². The molecule has 5 rings (SSSR count). The summed E-state index contributed by atoms with van der Waals surface area (Å²) in [4.78, 5) is 40.6. The number of piperazine rings is 1. The summed E-state index contributed by atoms with van der Waals surface area (Å²) in [6, 6.07) is 5.20. The third-order valence-corrected chi connectivity index (χ3v) is 7.01. The van der Waals surface area contributed by atoms with E-state index in [1.165, 1.54) is 0 Å². The van der Waals surface area contributed by atoms with E-state index in [-0.39, 0.29) is 23.9 Å². The second kappa shape index (κ2) is 9.67. The standard InChI is InChI=1S/C24H32N8O3/c1-30-9-6-16(7-10-30)27-22(33)15-4-5-17(20(12-15)35-3)28-24-26-14-18-21(29-24)32-11-8-25-13-19(32)23(34)31(18)2/h4-5,12,14,16,19,25H,6-11,13H2,1-3H3,(H,27,33)(H,26,28,29). The molecule has 3 aliphatic heterocycles. The molecule has 35 heavy (non-hydrogen) atoms. The van der Waals surface area contributed by atoms with Gasteiger partial charge < -0.3 is 35.4 Å². The fraction of sp³-hybridized carbons (Fsp3) is 0.500. The summed E-state index contributed by atoms with van der Waals surface area (Å²) in [7, 11) is 5.42. The van der Waals surface area contributed by atoms with Gasteiger partial charge in [-0.1, -0.05) is 0 Å². The molecule has 0 radical (unpaired) electrons.